The minimum atomic E-state index is -0.256. The number of hydrogen-bond acceptors (Lipinski definition) is 3. The number of hydrogen-bond donors (Lipinski definition) is 1. The van der Waals surface area contributed by atoms with E-state index in [0.717, 1.165) is 22.0 Å². The zero-order valence-electron chi connectivity index (χ0n) is 15.6. The van der Waals surface area contributed by atoms with E-state index in [0.29, 0.717) is 17.7 Å². The highest BCUT2D eigenvalue weighted by atomic mass is 16.2. The molecule has 0 unspecified atom stereocenters. The van der Waals surface area contributed by atoms with Gasteiger partial charge in [0.05, 0.1) is 17.8 Å². The van der Waals surface area contributed by atoms with Crippen LogP contribution in [0, 0.1) is 11.3 Å². The van der Waals surface area contributed by atoms with Gasteiger partial charge in [-0.1, -0.05) is 54.6 Å². The van der Waals surface area contributed by atoms with Crippen molar-refractivity contribution in [1.82, 2.24) is 9.99 Å². The lowest BCUT2D eigenvalue weighted by Crippen LogP contribution is -2.17. The van der Waals surface area contributed by atoms with Gasteiger partial charge in [0, 0.05) is 34.8 Å². The topological polar surface area (TPSA) is 70.2 Å². The summed E-state index contributed by atoms with van der Waals surface area (Å²) >= 11 is 0. The first kappa shape index (κ1) is 18.2. The average molecular weight is 378 g/mol. The summed E-state index contributed by atoms with van der Waals surface area (Å²) in [5.41, 5.74) is 6.67. The zero-order valence-corrected chi connectivity index (χ0v) is 15.6. The molecule has 5 nitrogen and oxygen atoms in total. The van der Waals surface area contributed by atoms with E-state index in [9.17, 15) is 10.1 Å². The van der Waals surface area contributed by atoms with E-state index >= 15 is 0 Å². The number of aromatic nitrogens is 1. The first-order valence-corrected chi connectivity index (χ1v) is 9.20. The van der Waals surface area contributed by atoms with Crippen LogP contribution >= 0.6 is 0 Å². The monoisotopic (exact) mass is 378 g/mol. The van der Waals surface area contributed by atoms with Crippen molar-refractivity contribution < 1.29 is 4.79 Å². The highest BCUT2D eigenvalue weighted by Gasteiger charge is 2.09. The molecule has 4 rings (SSSR count). The van der Waals surface area contributed by atoms with Crippen molar-refractivity contribution in [2.45, 2.75) is 6.54 Å². The number of nitrogens with zero attached hydrogens (tertiary/aromatic N) is 3. The van der Waals surface area contributed by atoms with Crippen LogP contribution in [0.1, 0.15) is 27.0 Å². The maximum Gasteiger partial charge on any atom is 0.271 e. The summed E-state index contributed by atoms with van der Waals surface area (Å²) in [5.74, 6) is -0.256. The number of nitriles is 1. The Balaban J connectivity index is 1.61. The number of amides is 1. The summed E-state index contributed by atoms with van der Waals surface area (Å²) in [7, 11) is 0. The summed E-state index contributed by atoms with van der Waals surface area (Å²) in [6.07, 6.45) is 3.63. The lowest BCUT2D eigenvalue weighted by molar-refractivity contribution is 0.0955. The van der Waals surface area contributed by atoms with Crippen molar-refractivity contribution in [2.24, 2.45) is 5.10 Å². The van der Waals surface area contributed by atoms with Crippen LogP contribution in [-0.4, -0.2) is 16.7 Å². The predicted molar refractivity (Wildman–Crippen MR) is 114 cm³/mol. The van der Waals surface area contributed by atoms with E-state index in [2.05, 4.69) is 21.2 Å². The summed E-state index contributed by atoms with van der Waals surface area (Å²) in [6, 6.07) is 26.8. The predicted octanol–water partition coefficient (Wildman–Crippen LogP) is 4.33. The quantitative estimate of drug-likeness (QED) is 0.415. The molecule has 1 heterocycles. The Hall–Kier alpha value is -4.17. The summed E-state index contributed by atoms with van der Waals surface area (Å²) < 4.78 is 2.09. The van der Waals surface area contributed by atoms with Gasteiger partial charge in [-0.05, 0) is 29.8 Å². The largest absolute Gasteiger partial charge is 0.342 e. The Labute approximate surface area is 168 Å². The number of fused-ring (bicyclic) bond motifs is 1. The number of carbonyl (C=O) groups excluding carboxylic acids is 1. The van der Waals surface area contributed by atoms with Crippen molar-refractivity contribution in [3.05, 3.63) is 107 Å². The summed E-state index contributed by atoms with van der Waals surface area (Å²) in [5, 5.41) is 14.5. The lowest BCUT2D eigenvalue weighted by atomic mass is 10.1. The second-order valence-corrected chi connectivity index (χ2v) is 6.56. The number of carbonyl (C=O) groups is 1. The minimum absolute atomic E-state index is 0.256. The highest BCUT2D eigenvalue weighted by Crippen LogP contribution is 2.22. The third kappa shape index (κ3) is 3.92. The fourth-order valence-electron chi connectivity index (χ4n) is 3.27. The second kappa shape index (κ2) is 8.24. The molecule has 1 aromatic heterocycles. The number of rotatable bonds is 5. The molecule has 0 saturated carbocycles. The smallest absolute Gasteiger partial charge is 0.271 e. The van der Waals surface area contributed by atoms with Crippen molar-refractivity contribution in [3.8, 4) is 6.07 Å². The van der Waals surface area contributed by atoms with E-state index in [-0.39, 0.29) is 5.91 Å². The van der Waals surface area contributed by atoms with Crippen LogP contribution < -0.4 is 5.43 Å². The molecule has 0 saturated heterocycles. The normalized spacial score (nSPS) is 10.9. The molecule has 140 valence electrons. The molecule has 0 aliphatic heterocycles. The van der Waals surface area contributed by atoms with Crippen LogP contribution in [0.3, 0.4) is 0 Å². The number of nitrogens with one attached hydrogen (secondary N) is 1. The van der Waals surface area contributed by atoms with E-state index < -0.39 is 0 Å². The summed E-state index contributed by atoms with van der Waals surface area (Å²) in [6.45, 7) is 0.578. The molecule has 1 amide bonds. The fourth-order valence-corrected chi connectivity index (χ4v) is 3.27. The van der Waals surface area contributed by atoms with Gasteiger partial charge in [-0.15, -0.1) is 0 Å². The molecular formula is C24H18N4O. The highest BCUT2D eigenvalue weighted by molar-refractivity contribution is 6.00. The van der Waals surface area contributed by atoms with Gasteiger partial charge in [0.25, 0.3) is 5.91 Å². The Bertz CT molecular complexity index is 1230. The van der Waals surface area contributed by atoms with E-state index in [1.165, 1.54) is 0 Å². The molecule has 0 radical (unpaired) electrons. The van der Waals surface area contributed by atoms with Crippen LogP contribution in [0.4, 0.5) is 0 Å². The molecule has 0 aliphatic carbocycles. The molecule has 0 bridgehead atoms. The van der Waals surface area contributed by atoms with E-state index in [4.69, 9.17) is 0 Å². The molecule has 5 heteroatoms. The zero-order chi connectivity index (χ0) is 20.1. The van der Waals surface area contributed by atoms with Crippen LogP contribution in [-0.2, 0) is 6.54 Å². The minimum Gasteiger partial charge on any atom is -0.342 e. The van der Waals surface area contributed by atoms with E-state index in [1.54, 1.807) is 18.3 Å². The van der Waals surface area contributed by atoms with Crippen LogP contribution in [0.2, 0.25) is 0 Å². The SMILES string of the molecule is N#Cc1ccccc1Cn1cc(/C=N\NC(=O)c2ccccc2)c2ccccc21. The first-order valence-electron chi connectivity index (χ1n) is 9.20. The Morgan fingerprint density at radius 1 is 1.00 bits per heavy atom. The molecule has 0 aliphatic rings. The maximum atomic E-state index is 12.2. The van der Waals surface area contributed by atoms with Gasteiger partial charge < -0.3 is 4.57 Å². The van der Waals surface area contributed by atoms with Gasteiger partial charge in [-0.2, -0.15) is 10.4 Å². The molecule has 0 atom stereocenters. The van der Waals surface area contributed by atoms with Crippen molar-refractivity contribution in [2.75, 3.05) is 0 Å². The number of para-hydroxylation sites is 1. The second-order valence-electron chi connectivity index (χ2n) is 6.56. The number of benzene rings is 3. The molecule has 0 spiro atoms. The average Bonchev–Trinajstić information content (AvgIpc) is 3.12. The van der Waals surface area contributed by atoms with Gasteiger partial charge in [0.1, 0.15) is 0 Å². The first-order chi connectivity index (χ1) is 14.3. The van der Waals surface area contributed by atoms with Gasteiger partial charge in [0.15, 0.2) is 0 Å². The molecule has 3 aromatic carbocycles. The van der Waals surface area contributed by atoms with Crippen LogP contribution in [0.5, 0.6) is 0 Å². The molecule has 1 N–H and O–H groups in total. The Kier molecular flexibility index (Phi) is 5.17. The molecule has 29 heavy (non-hydrogen) atoms. The van der Waals surface area contributed by atoms with Gasteiger partial charge in [-0.25, -0.2) is 5.43 Å². The standard InChI is InChI=1S/C24H18N4O/c25-14-19-10-4-5-11-20(19)16-28-17-21(22-12-6-7-13-23(22)28)15-26-27-24(29)18-8-2-1-3-9-18/h1-13,15,17H,16H2,(H,27,29)/b26-15-. The molecule has 4 aromatic rings. The van der Waals surface area contributed by atoms with Crippen LogP contribution in [0.25, 0.3) is 10.9 Å². The lowest BCUT2D eigenvalue weighted by Gasteiger charge is -2.07. The van der Waals surface area contributed by atoms with E-state index in [1.807, 2.05) is 72.9 Å². The van der Waals surface area contributed by atoms with Crippen molar-refractivity contribution >= 4 is 23.0 Å². The van der Waals surface area contributed by atoms with Crippen LogP contribution in [0.15, 0.2) is 90.2 Å². The fraction of sp³-hybridized carbons (Fsp3) is 0.0417. The molecule has 0 fully saturated rings. The Morgan fingerprint density at radius 3 is 2.55 bits per heavy atom. The van der Waals surface area contributed by atoms with Gasteiger partial charge >= 0.3 is 0 Å². The number of hydrazone groups is 1. The van der Waals surface area contributed by atoms with Crippen molar-refractivity contribution in [3.63, 3.8) is 0 Å². The molecular weight excluding hydrogens is 360 g/mol. The summed E-state index contributed by atoms with van der Waals surface area (Å²) in [4.78, 5) is 12.2. The third-order valence-corrected chi connectivity index (χ3v) is 4.70. The van der Waals surface area contributed by atoms with Gasteiger partial charge in [0.2, 0.25) is 0 Å². The third-order valence-electron chi connectivity index (χ3n) is 4.70. The Morgan fingerprint density at radius 2 is 1.72 bits per heavy atom. The maximum absolute atomic E-state index is 12.2. The van der Waals surface area contributed by atoms with Gasteiger partial charge in [-0.3, -0.25) is 4.79 Å². The van der Waals surface area contributed by atoms with Crippen molar-refractivity contribution in [1.29, 1.82) is 5.26 Å².